The lowest BCUT2D eigenvalue weighted by atomic mass is 9.96. The molecule has 180 valence electrons. The Morgan fingerprint density at radius 3 is 2.64 bits per heavy atom. The summed E-state index contributed by atoms with van der Waals surface area (Å²) < 4.78 is 5.92. The van der Waals surface area contributed by atoms with E-state index >= 15 is 0 Å². The molecule has 1 amide bonds. The van der Waals surface area contributed by atoms with Crippen molar-refractivity contribution in [3.05, 3.63) is 93.8 Å². The van der Waals surface area contributed by atoms with Crippen molar-refractivity contribution in [2.24, 2.45) is 0 Å². The van der Waals surface area contributed by atoms with Crippen LogP contribution in [-0.4, -0.2) is 38.3 Å². The van der Waals surface area contributed by atoms with E-state index in [-0.39, 0.29) is 22.2 Å². The Morgan fingerprint density at radius 1 is 1.19 bits per heavy atom. The minimum absolute atomic E-state index is 0.109. The first-order valence-corrected chi connectivity index (χ1v) is 11.7. The number of non-ortho nitro benzene ring substituents is 1. The Labute approximate surface area is 208 Å². The molecule has 2 aromatic heterocycles. The number of nitro groups is 1. The quantitative estimate of drug-likeness (QED) is 0.133. The monoisotopic (exact) mass is 502 g/mol. The SMILES string of the molecule is CCOc1ccc(/C(O)=C2\C(=O)C(=O)N(c3nc4ccc([N+](=O)[O-])cc4s3)C2c2cccnc2)cc1. The van der Waals surface area contributed by atoms with E-state index in [9.17, 15) is 24.8 Å². The van der Waals surface area contributed by atoms with Crippen molar-refractivity contribution in [3.63, 3.8) is 0 Å². The van der Waals surface area contributed by atoms with Crippen LogP contribution in [0, 0.1) is 10.1 Å². The average molecular weight is 503 g/mol. The molecule has 10 nitrogen and oxygen atoms in total. The minimum Gasteiger partial charge on any atom is -0.507 e. The van der Waals surface area contributed by atoms with Gasteiger partial charge in [-0.15, -0.1) is 0 Å². The van der Waals surface area contributed by atoms with Crippen LogP contribution in [0.1, 0.15) is 24.1 Å². The molecule has 1 fully saturated rings. The van der Waals surface area contributed by atoms with E-state index in [2.05, 4.69) is 9.97 Å². The standard InChI is InChI=1S/C25H18N4O6S/c1-2-35-17-8-5-14(6-9-17)22(30)20-21(15-4-3-11-26-13-15)28(24(32)23(20)31)25-27-18-10-7-16(29(33)34)12-19(18)36-25/h3-13,21,30H,2H2,1H3/b22-20+. The summed E-state index contributed by atoms with van der Waals surface area (Å²) in [6.45, 7) is 2.33. The number of ether oxygens (including phenoxy) is 1. The molecule has 1 saturated heterocycles. The number of fused-ring (bicyclic) bond motifs is 1. The predicted octanol–water partition coefficient (Wildman–Crippen LogP) is 4.62. The normalized spacial score (nSPS) is 17.0. The van der Waals surface area contributed by atoms with E-state index in [0.717, 1.165) is 11.3 Å². The summed E-state index contributed by atoms with van der Waals surface area (Å²) in [5.74, 6) is -1.49. The number of benzene rings is 2. The molecule has 4 aromatic rings. The number of aliphatic hydroxyl groups excluding tert-OH is 1. The van der Waals surface area contributed by atoms with E-state index in [4.69, 9.17) is 4.74 Å². The first-order valence-electron chi connectivity index (χ1n) is 10.9. The van der Waals surface area contributed by atoms with E-state index in [1.807, 2.05) is 6.92 Å². The highest BCUT2D eigenvalue weighted by Crippen LogP contribution is 2.44. The van der Waals surface area contributed by atoms with Crippen molar-refractivity contribution in [2.75, 3.05) is 11.5 Å². The number of pyridine rings is 1. The number of thiazole rings is 1. The van der Waals surface area contributed by atoms with Crippen LogP contribution < -0.4 is 9.64 Å². The second-order valence-corrected chi connectivity index (χ2v) is 8.83. The topological polar surface area (TPSA) is 136 Å². The van der Waals surface area contributed by atoms with Gasteiger partial charge < -0.3 is 9.84 Å². The summed E-state index contributed by atoms with van der Waals surface area (Å²) in [6, 6.07) is 13.1. The maximum Gasteiger partial charge on any atom is 0.301 e. The molecule has 5 rings (SSSR count). The molecular formula is C25H18N4O6S. The van der Waals surface area contributed by atoms with Gasteiger partial charge in [-0.2, -0.15) is 0 Å². The zero-order chi connectivity index (χ0) is 25.4. The Hall–Kier alpha value is -4.64. The van der Waals surface area contributed by atoms with Crippen molar-refractivity contribution in [2.45, 2.75) is 13.0 Å². The number of amides is 1. The molecule has 1 aliphatic heterocycles. The average Bonchev–Trinajstić information content (AvgIpc) is 3.42. The zero-order valence-corrected chi connectivity index (χ0v) is 19.6. The van der Waals surface area contributed by atoms with E-state index in [1.165, 1.54) is 29.3 Å². The maximum atomic E-state index is 13.3. The molecule has 3 heterocycles. The number of ketones is 1. The second kappa shape index (κ2) is 9.19. The van der Waals surface area contributed by atoms with Crippen molar-refractivity contribution in [1.29, 1.82) is 0 Å². The number of anilines is 1. The van der Waals surface area contributed by atoms with Crippen molar-refractivity contribution < 1.29 is 24.4 Å². The first kappa shape index (κ1) is 23.1. The van der Waals surface area contributed by atoms with Crippen LogP contribution in [0.2, 0.25) is 0 Å². The third-order valence-corrected chi connectivity index (χ3v) is 6.68. The molecule has 1 unspecified atom stereocenters. The molecular weight excluding hydrogens is 484 g/mol. The summed E-state index contributed by atoms with van der Waals surface area (Å²) in [5.41, 5.74) is 1.06. The molecule has 1 N–H and O–H groups in total. The van der Waals surface area contributed by atoms with Gasteiger partial charge in [0.1, 0.15) is 11.5 Å². The van der Waals surface area contributed by atoms with Gasteiger partial charge in [0.15, 0.2) is 5.13 Å². The van der Waals surface area contributed by atoms with E-state index in [1.54, 1.807) is 42.6 Å². The molecule has 0 bridgehead atoms. The lowest BCUT2D eigenvalue weighted by molar-refractivity contribution is -0.384. The van der Waals surface area contributed by atoms with Crippen LogP contribution in [0.4, 0.5) is 10.8 Å². The smallest absolute Gasteiger partial charge is 0.301 e. The summed E-state index contributed by atoms with van der Waals surface area (Å²) in [5, 5.41) is 22.5. The van der Waals surface area contributed by atoms with Gasteiger partial charge in [-0.25, -0.2) is 4.98 Å². The number of carbonyl (C=O) groups excluding carboxylic acids is 2. The highest BCUT2D eigenvalue weighted by atomic mass is 32.1. The number of aliphatic hydroxyl groups is 1. The van der Waals surface area contributed by atoms with Gasteiger partial charge in [0.05, 0.1) is 33.4 Å². The molecule has 1 atom stereocenters. The Morgan fingerprint density at radius 2 is 1.97 bits per heavy atom. The summed E-state index contributed by atoms with van der Waals surface area (Å²) >= 11 is 1.04. The van der Waals surface area contributed by atoms with Crippen molar-refractivity contribution in [3.8, 4) is 5.75 Å². The largest absolute Gasteiger partial charge is 0.507 e. The molecule has 1 aliphatic rings. The van der Waals surface area contributed by atoms with Crippen LogP contribution in [-0.2, 0) is 9.59 Å². The number of nitro benzene ring substituents is 1. The van der Waals surface area contributed by atoms with Gasteiger partial charge in [0, 0.05) is 30.1 Å². The third kappa shape index (κ3) is 3.95. The molecule has 0 spiro atoms. The lowest BCUT2D eigenvalue weighted by Crippen LogP contribution is -2.29. The third-order valence-electron chi connectivity index (χ3n) is 5.66. The van der Waals surface area contributed by atoms with Crippen LogP contribution in [0.15, 0.2) is 72.6 Å². The maximum absolute atomic E-state index is 13.3. The zero-order valence-electron chi connectivity index (χ0n) is 18.8. The fraction of sp³-hybridized carbons (Fsp3) is 0.120. The van der Waals surface area contributed by atoms with Gasteiger partial charge in [-0.1, -0.05) is 17.4 Å². The lowest BCUT2D eigenvalue weighted by Gasteiger charge is -2.22. The molecule has 0 aliphatic carbocycles. The fourth-order valence-corrected chi connectivity index (χ4v) is 5.06. The van der Waals surface area contributed by atoms with Crippen LogP contribution in [0.25, 0.3) is 16.0 Å². The summed E-state index contributed by atoms with van der Waals surface area (Å²) in [4.78, 5) is 47.0. The molecule has 2 aromatic carbocycles. The number of hydrogen-bond donors (Lipinski definition) is 1. The van der Waals surface area contributed by atoms with Crippen molar-refractivity contribution >= 4 is 49.8 Å². The molecule has 0 saturated carbocycles. The van der Waals surface area contributed by atoms with Crippen molar-refractivity contribution in [1.82, 2.24) is 9.97 Å². The van der Waals surface area contributed by atoms with Gasteiger partial charge in [0.2, 0.25) is 0 Å². The predicted molar refractivity (Wildman–Crippen MR) is 133 cm³/mol. The van der Waals surface area contributed by atoms with Gasteiger partial charge in [-0.3, -0.25) is 29.6 Å². The Kier molecular flexibility index (Phi) is 5.90. The van der Waals surface area contributed by atoms with Gasteiger partial charge in [0.25, 0.3) is 11.5 Å². The van der Waals surface area contributed by atoms with Gasteiger partial charge >= 0.3 is 5.91 Å². The number of carbonyl (C=O) groups is 2. The highest BCUT2D eigenvalue weighted by molar-refractivity contribution is 7.22. The second-order valence-electron chi connectivity index (χ2n) is 7.82. The summed E-state index contributed by atoms with van der Waals surface area (Å²) in [6.07, 6.45) is 3.06. The Balaban J connectivity index is 1.66. The van der Waals surface area contributed by atoms with E-state index in [0.29, 0.717) is 33.7 Å². The van der Waals surface area contributed by atoms with Crippen LogP contribution >= 0.6 is 11.3 Å². The molecule has 36 heavy (non-hydrogen) atoms. The van der Waals surface area contributed by atoms with Crippen LogP contribution in [0.3, 0.4) is 0 Å². The number of nitrogens with zero attached hydrogens (tertiary/aromatic N) is 4. The minimum atomic E-state index is -0.999. The summed E-state index contributed by atoms with van der Waals surface area (Å²) in [7, 11) is 0. The number of hydrogen-bond acceptors (Lipinski definition) is 9. The molecule has 11 heteroatoms. The fourth-order valence-electron chi connectivity index (χ4n) is 4.03. The van der Waals surface area contributed by atoms with E-state index < -0.39 is 22.7 Å². The van der Waals surface area contributed by atoms with Gasteiger partial charge in [-0.05, 0) is 48.9 Å². The number of aromatic nitrogens is 2. The first-order chi connectivity index (χ1) is 17.4. The Bertz CT molecular complexity index is 1530. The molecule has 0 radical (unpaired) electrons. The van der Waals surface area contributed by atoms with Crippen LogP contribution in [0.5, 0.6) is 5.75 Å². The number of rotatable bonds is 6. The number of Topliss-reactive ketones (excluding diaryl/α,β-unsaturated/α-hetero) is 1. The highest BCUT2D eigenvalue weighted by Gasteiger charge is 2.48.